The van der Waals surface area contributed by atoms with Gasteiger partial charge < -0.3 is 15.1 Å². The molecule has 1 aromatic carbocycles. The van der Waals surface area contributed by atoms with Crippen molar-refractivity contribution in [2.75, 3.05) is 44.2 Å². The zero-order chi connectivity index (χ0) is 22.9. The molecule has 2 aliphatic heterocycles. The first-order valence-electron chi connectivity index (χ1n) is 10.7. The molecule has 3 heterocycles. The number of para-hydroxylation sites is 1. The molecule has 1 aromatic heterocycles. The number of aromatic nitrogens is 1. The Hall–Kier alpha value is -3.04. The van der Waals surface area contributed by atoms with Gasteiger partial charge in [0.2, 0.25) is 0 Å². The minimum Gasteiger partial charge on any atom is -0.473 e. The zero-order valence-electron chi connectivity index (χ0n) is 17.9. The Labute approximate surface area is 186 Å². The molecule has 0 atom stereocenters. The van der Waals surface area contributed by atoms with E-state index in [9.17, 15) is 4.39 Å². The first-order valence-corrected chi connectivity index (χ1v) is 10.7. The van der Waals surface area contributed by atoms with Gasteiger partial charge in [0.25, 0.3) is 0 Å². The van der Waals surface area contributed by atoms with Crippen LogP contribution in [0.5, 0.6) is 0 Å². The number of rotatable bonds is 4. The molecular formula is C23H29FN4O4. The van der Waals surface area contributed by atoms with Crippen molar-refractivity contribution in [3.05, 3.63) is 60.2 Å². The summed E-state index contributed by atoms with van der Waals surface area (Å²) < 4.78 is 14.0. The molecule has 9 heteroatoms. The summed E-state index contributed by atoms with van der Waals surface area (Å²) in [6, 6.07) is 12.0. The summed E-state index contributed by atoms with van der Waals surface area (Å²) in [6.07, 6.45) is 6.24. The van der Waals surface area contributed by atoms with Crippen molar-refractivity contribution in [2.45, 2.75) is 25.4 Å². The molecule has 0 radical (unpaired) electrons. The molecular weight excluding hydrogens is 415 g/mol. The number of halogens is 1. The molecule has 2 fully saturated rings. The number of benzene rings is 1. The molecule has 0 aliphatic carbocycles. The number of carboxylic acid groups (broad SMARTS) is 2. The van der Waals surface area contributed by atoms with Gasteiger partial charge in [-0.25, -0.2) is 14.0 Å². The molecule has 0 spiro atoms. The highest BCUT2D eigenvalue weighted by atomic mass is 19.1. The summed E-state index contributed by atoms with van der Waals surface area (Å²) >= 11 is 0. The van der Waals surface area contributed by atoms with Gasteiger partial charge in [0.1, 0.15) is 5.82 Å². The van der Waals surface area contributed by atoms with E-state index in [2.05, 4.69) is 25.8 Å². The number of likely N-dealkylation sites (tertiary alicyclic amines) is 1. The summed E-state index contributed by atoms with van der Waals surface area (Å²) in [4.78, 5) is 29.7. The van der Waals surface area contributed by atoms with Crippen LogP contribution in [0.3, 0.4) is 0 Å². The number of hydrogen-bond donors (Lipinski definition) is 2. The Bertz CT molecular complexity index is 871. The standard InChI is InChI=1S/C21H27FN4.C2H2O4/c22-20-5-1-2-6-21(20)26-14-12-25(13-15-26)19-7-10-24(11-8-19)17-18-4-3-9-23-16-18;3-1(4)2(5)6/h1-6,9,16,19H,7-8,10-15,17H2;(H,3,4)(H,5,6). The van der Waals surface area contributed by atoms with Crippen molar-refractivity contribution in [1.29, 1.82) is 0 Å². The van der Waals surface area contributed by atoms with Gasteiger partial charge in [0.15, 0.2) is 0 Å². The summed E-state index contributed by atoms with van der Waals surface area (Å²) in [6.45, 7) is 7.18. The lowest BCUT2D eigenvalue weighted by Gasteiger charge is -2.43. The maximum absolute atomic E-state index is 14.0. The summed E-state index contributed by atoms with van der Waals surface area (Å²) in [5.74, 6) is -3.75. The maximum Gasteiger partial charge on any atom is 0.414 e. The quantitative estimate of drug-likeness (QED) is 0.693. The molecule has 0 bridgehead atoms. The smallest absolute Gasteiger partial charge is 0.414 e. The minimum atomic E-state index is -1.82. The molecule has 2 aliphatic rings. The molecule has 8 nitrogen and oxygen atoms in total. The van der Waals surface area contributed by atoms with Crippen molar-refractivity contribution in [3.63, 3.8) is 0 Å². The highest BCUT2D eigenvalue weighted by Crippen LogP contribution is 2.23. The molecule has 4 rings (SSSR count). The first kappa shape index (κ1) is 23.6. The number of carbonyl (C=O) groups is 2. The van der Waals surface area contributed by atoms with Gasteiger partial charge in [-0.3, -0.25) is 14.8 Å². The van der Waals surface area contributed by atoms with Gasteiger partial charge in [-0.15, -0.1) is 0 Å². The largest absolute Gasteiger partial charge is 0.473 e. The van der Waals surface area contributed by atoms with Crippen LogP contribution in [-0.4, -0.2) is 82.2 Å². The van der Waals surface area contributed by atoms with Crippen LogP contribution < -0.4 is 4.90 Å². The van der Waals surface area contributed by atoms with Crippen LogP contribution in [0.2, 0.25) is 0 Å². The number of aliphatic carboxylic acids is 2. The van der Waals surface area contributed by atoms with Crippen molar-refractivity contribution in [3.8, 4) is 0 Å². The molecule has 0 amide bonds. The summed E-state index contributed by atoms with van der Waals surface area (Å²) in [5.41, 5.74) is 2.04. The van der Waals surface area contributed by atoms with Gasteiger partial charge >= 0.3 is 11.9 Å². The van der Waals surface area contributed by atoms with E-state index in [0.29, 0.717) is 6.04 Å². The zero-order valence-corrected chi connectivity index (χ0v) is 17.9. The predicted octanol–water partition coefficient (Wildman–Crippen LogP) is 2.16. The lowest BCUT2D eigenvalue weighted by atomic mass is 10.0. The highest BCUT2D eigenvalue weighted by Gasteiger charge is 2.28. The van der Waals surface area contributed by atoms with Crippen LogP contribution in [0.1, 0.15) is 18.4 Å². The molecule has 0 saturated carbocycles. The third-order valence-electron chi connectivity index (χ3n) is 5.89. The van der Waals surface area contributed by atoms with Gasteiger partial charge in [-0.1, -0.05) is 18.2 Å². The first-order chi connectivity index (χ1) is 15.4. The van der Waals surface area contributed by atoms with E-state index < -0.39 is 11.9 Å². The van der Waals surface area contributed by atoms with Gasteiger partial charge in [0, 0.05) is 51.2 Å². The Balaban J connectivity index is 0.000000427. The Morgan fingerprint density at radius 3 is 2.16 bits per heavy atom. The van der Waals surface area contributed by atoms with E-state index >= 15 is 0 Å². The van der Waals surface area contributed by atoms with Crippen molar-refractivity contribution in [1.82, 2.24) is 14.8 Å². The topological polar surface area (TPSA) is 97.2 Å². The van der Waals surface area contributed by atoms with Gasteiger partial charge in [0.05, 0.1) is 5.69 Å². The van der Waals surface area contributed by atoms with Crippen LogP contribution in [0.25, 0.3) is 0 Å². The van der Waals surface area contributed by atoms with Crippen LogP contribution in [0.4, 0.5) is 10.1 Å². The fourth-order valence-corrected chi connectivity index (χ4v) is 4.23. The second kappa shape index (κ2) is 11.5. The fraction of sp³-hybridized carbons (Fsp3) is 0.435. The Morgan fingerprint density at radius 1 is 0.938 bits per heavy atom. The molecule has 0 unspecified atom stereocenters. The third-order valence-corrected chi connectivity index (χ3v) is 5.89. The van der Waals surface area contributed by atoms with Crippen LogP contribution in [0, 0.1) is 5.82 Å². The number of nitrogens with zero attached hydrogens (tertiary/aromatic N) is 4. The number of carboxylic acids is 2. The number of piperazine rings is 1. The minimum absolute atomic E-state index is 0.107. The monoisotopic (exact) mass is 444 g/mol. The van der Waals surface area contributed by atoms with E-state index in [1.54, 1.807) is 12.1 Å². The Kier molecular flexibility index (Phi) is 8.52. The number of anilines is 1. The van der Waals surface area contributed by atoms with Gasteiger partial charge in [-0.05, 0) is 49.7 Å². The summed E-state index contributed by atoms with van der Waals surface area (Å²) in [5, 5.41) is 14.8. The second-order valence-electron chi connectivity index (χ2n) is 7.95. The lowest BCUT2D eigenvalue weighted by molar-refractivity contribution is -0.159. The van der Waals surface area contributed by atoms with Crippen molar-refractivity contribution >= 4 is 17.6 Å². The lowest BCUT2D eigenvalue weighted by Crippen LogP contribution is -2.53. The summed E-state index contributed by atoms with van der Waals surface area (Å²) in [7, 11) is 0. The molecule has 2 N–H and O–H groups in total. The molecule has 32 heavy (non-hydrogen) atoms. The van der Waals surface area contributed by atoms with E-state index in [4.69, 9.17) is 19.8 Å². The van der Waals surface area contributed by atoms with E-state index in [0.717, 1.165) is 51.5 Å². The number of hydrogen-bond acceptors (Lipinski definition) is 6. The number of piperidine rings is 1. The Morgan fingerprint density at radius 2 is 1.59 bits per heavy atom. The van der Waals surface area contributed by atoms with Crippen molar-refractivity contribution in [2.24, 2.45) is 0 Å². The van der Waals surface area contributed by atoms with Crippen LogP contribution in [-0.2, 0) is 16.1 Å². The molecule has 2 saturated heterocycles. The van der Waals surface area contributed by atoms with E-state index in [1.165, 1.54) is 18.4 Å². The average molecular weight is 445 g/mol. The normalized spacial score (nSPS) is 18.0. The third kappa shape index (κ3) is 6.73. The highest BCUT2D eigenvalue weighted by molar-refractivity contribution is 6.27. The number of pyridine rings is 1. The van der Waals surface area contributed by atoms with Crippen LogP contribution in [0.15, 0.2) is 48.8 Å². The maximum atomic E-state index is 14.0. The van der Waals surface area contributed by atoms with E-state index in [-0.39, 0.29) is 5.82 Å². The molecule has 2 aromatic rings. The van der Waals surface area contributed by atoms with Crippen LogP contribution >= 0.6 is 0 Å². The van der Waals surface area contributed by atoms with Gasteiger partial charge in [-0.2, -0.15) is 0 Å². The van der Waals surface area contributed by atoms with E-state index in [1.807, 2.05) is 30.6 Å². The van der Waals surface area contributed by atoms with Crippen molar-refractivity contribution < 1.29 is 24.2 Å². The average Bonchev–Trinajstić information content (AvgIpc) is 2.81. The molecule has 172 valence electrons. The second-order valence-corrected chi connectivity index (χ2v) is 7.95. The SMILES string of the molecule is Fc1ccccc1N1CCN(C2CCN(Cc3cccnc3)CC2)CC1.O=C(O)C(=O)O. The fourth-order valence-electron chi connectivity index (χ4n) is 4.23. The predicted molar refractivity (Wildman–Crippen MR) is 118 cm³/mol.